The highest BCUT2D eigenvalue weighted by Gasteiger charge is 2.25. The molecule has 8 nitrogen and oxygen atoms in total. The van der Waals surface area contributed by atoms with Gasteiger partial charge in [-0.1, -0.05) is 30.0 Å². The maximum absolute atomic E-state index is 13.0. The number of fused-ring (bicyclic) bond motifs is 4. The van der Waals surface area contributed by atoms with E-state index in [0.29, 0.717) is 11.7 Å². The van der Waals surface area contributed by atoms with E-state index in [1.807, 2.05) is 35.6 Å². The summed E-state index contributed by atoms with van der Waals surface area (Å²) in [6, 6.07) is 14.8. The van der Waals surface area contributed by atoms with Gasteiger partial charge in [0, 0.05) is 29.8 Å². The van der Waals surface area contributed by atoms with Crippen molar-refractivity contribution in [3.05, 3.63) is 69.8 Å². The molecule has 1 amide bonds. The minimum absolute atomic E-state index is 0.0482. The molecule has 0 radical (unpaired) electrons. The van der Waals surface area contributed by atoms with E-state index in [-0.39, 0.29) is 17.3 Å². The van der Waals surface area contributed by atoms with Gasteiger partial charge in [-0.15, -0.1) is 10.2 Å². The molecular weight excluding hydrogens is 414 g/mol. The molecule has 31 heavy (non-hydrogen) atoms. The number of carbonyl (C=O) groups excluding carboxylic acids is 1. The number of aryl methyl sites for hydroxylation is 2. The Kier molecular flexibility index (Phi) is 4.82. The summed E-state index contributed by atoms with van der Waals surface area (Å²) in [5.74, 6) is 0.160. The molecule has 0 N–H and O–H groups in total. The van der Waals surface area contributed by atoms with Gasteiger partial charge in [0.1, 0.15) is 0 Å². The van der Waals surface area contributed by atoms with Gasteiger partial charge >= 0.3 is 0 Å². The van der Waals surface area contributed by atoms with E-state index in [1.165, 1.54) is 17.8 Å². The zero-order valence-corrected chi connectivity index (χ0v) is 17.6. The Morgan fingerprint density at radius 2 is 2.03 bits per heavy atom. The minimum Gasteiger partial charge on any atom is -0.311 e. The van der Waals surface area contributed by atoms with Crippen LogP contribution in [0.5, 0.6) is 0 Å². The molecule has 4 aromatic rings. The lowest BCUT2D eigenvalue weighted by Crippen LogP contribution is -2.36. The smallest absolute Gasteiger partial charge is 0.269 e. The summed E-state index contributed by atoms with van der Waals surface area (Å²) in [5.41, 5.74) is 4.54. The number of nitro benzene ring substituents is 1. The van der Waals surface area contributed by atoms with Crippen LogP contribution in [0.25, 0.3) is 16.6 Å². The zero-order valence-electron chi connectivity index (χ0n) is 16.8. The van der Waals surface area contributed by atoms with E-state index >= 15 is 0 Å². The topological polar surface area (TPSA) is 93.6 Å². The Hall–Kier alpha value is -3.46. The van der Waals surface area contributed by atoms with Crippen LogP contribution in [-0.2, 0) is 11.2 Å². The van der Waals surface area contributed by atoms with Crippen LogP contribution in [0.2, 0.25) is 0 Å². The molecule has 1 aliphatic heterocycles. The molecule has 0 bridgehead atoms. The molecule has 9 heteroatoms. The average molecular weight is 433 g/mol. The molecule has 5 rings (SSSR count). The summed E-state index contributed by atoms with van der Waals surface area (Å²) in [4.78, 5) is 25.4. The van der Waals surface area contributed by atoms with Gasteiger partial charge in [-0.25, -0.2) is 0 Å². The van der Waals surface area contributed by atoms with Gasteiger partial charge in [-0.05, 0) is 49.1 Å². The third-order valence-corrected chi connectivity index (χ3v) is 6.51. The van der Waals surface area contributed by atoms with Crippen LogP contribution in [0.15, 0.2) is 53.7 Å². The summed E-state index contributed by atoms with van der Waals surface area (Å²) < 4.78 is 1.98. The molecule has 1 aliphatic rings. The molecular formula is C22H19N5O3S. The number of para-hydroxylation sites is 1. The summed E-state index contributed by atoms with van der Waals surface area (Å²) in [6.45, 7) is 2.65. The van der Waals surface area contributed by atoms with Crippen molar-refractivity contribution in [3.8, 4) is 0 Å². The average Bonchev–Trinajstić information content (AvgIpc) is 3.19. The van der Waals surface area contributed by atoms with Crippen molar-refractivity contribution in [2.45, 2.75) is 24.9 Å². The SMILES string of the molecule is Cc1cc2nnc(SCC(=O)N3CCCc4cc([N+](=O)[O-])ccc43)n2c2ccccc12. The Balaban J connectivity index is 1.42. The summed E-state index contributed by atoms with van der Waals surface area (Å²) in [6.07, 6.45) is 1.51. The van der Waals surface area contributed by atoms with Crippen LogP contribution in [0.1, 0.15) is 17.5 Å². The van der Waals surface area contributed by atoms with Crippen molar-refractivity contribution in [1.82, 2.24) is 14.6 Å². The largest absolute Gasteiger partial charge is 0.311 e. The molecule has 0 spiro atoms. The number of hydrogen-bond donors (Lipinski definition) is 0. The number of aromatic nitrogens is 3. The molecule has 0 saturated heterocycles. The van der Waals surface area contributed by atoms with Crippen molar-refractivity contribution in [2.75, 3.05) is 17.2 Å². The lowest BCUT2D eigenvalue weighted by molar-refractivity contribution is -0.384. The van der Waals surface area contributed by atoms with Gasteiger partial charge in [0.05, 0.1) is 16.2 Å². The van der Waals surface area contributed by atoms with Gasteiger partial charge < -0.3 is 4.90 Å². The first-order chi connectivity index (χ1) is 15.0. The molecule has 0 aliphatic carbocycles. The summed E-state index contributed by atoms with van der Waals surface area (Å²) >= 11 is 1.35. The monoisotopic (exact) mass is 433 g/mol. The van der Waals surface area contributed by atoms with Crippen molar-refractivity contribution in [1.29, 1.82) is 0 Å². The van der Waals surface area contributed by atoms with Crippen LogP contribution in [0.4, 0.5) is 11.4 Å². The van der Waals surface area contributed by atoms with Crippen molar-refractivity contribution < 1.29 is 9.72 Å². The van der Waals surface area contributed by atoms with E-state index in [4.69, 9.17) is 0 Å². The van der Waals surface area contributed by atoms with Crippen LogP contribution in [0, 0.1) is 17.0 Å². The fraction of sp³-hybridized carbons (Fsp3) is 0.227. The summed E-state index contributed by atoms with van der Waals surface area (Å²) in [5, 5.41) is 21.4. The third kappa shape index (κ3) is 3.40. The molecule has 2 aromatic heterocycles. The van der Waals surface area contributed by atoms with Gasteiger partial charge in [-0.2, -0.15) is 0 Å². The predicted octanol–water partition coefficient (Wildman–Crippen LogP) is 4.17. The fourth-order valence-electron chi connectivity index (χ4n) is 4.13. The molecule has 2 aromatic carbocycles. The number of benzene rings is 2. The lowest BCUT2D eigenvalue weighted by atomic mass is 10.0. The highest BCUT2D eigenvalue weighted by Crippen LogP contribution is 2.32. The lowest BCUT2D eigenvalue weighted by Gasteiger charge is -2.29. The maximum Gasteiger partial charge on any atom is 0.269 e. The number of non-ortho nitro benzene ring substituents is 1. The van der Waals surface area contributed by atoms with Crippen LogP contribution in [-0.4, -0.2) is 37.7 Å². The molecule has 0 unspecified atom stereocenters. The first-order valence-corrected chi connectivity index (χ1v) is 11.0. The Morgan fingerprint density at radius 3 is 2.87 bits per heavy atom. The number of anilines is 1. The number of hydrogen-bond acceptors (Lipinski definition) is 6. The van der Waals surface area contributed by atoms with Crippen molar-refractivity contribution in [2.24, 2.45) is 0 Å². The highest BCUT2D eigenvalue weighted by atomic mass is 32.2. The second-order valence-electron chi connectivity index (χ2n) is 7.53. The second-order valence-corrected chi connectivity index (χ2v) is 8.47. The number of carbonyl (C=O) groups is 1. The number of amides is 1. The first kappa shape index (κ1) is 19.5. The van der Waals surface area contributed by atoms with Gasteiger partial charge in [0.2, 0.25) is 5.91 Å². The quantitative estimate of drug-likeness (QED) is 0.272. The van der Waals surface area contributed by atoms with Crippen molar-refractivity contribution in [3.63, 3.8) is 0 Å². The molecule has 3 heterocycles. The van der Waals surface area contributed by atoms with Gasteiger partial charge in [-0.3, -0.25) is 19.3 Å². The summed E-state index contributed by atoms with van der Waals surface area (Å²) in [7, 11) is 0. The van der Waals surface area contributed by atoms with E-state index < -0.39 is 4.92 Å². The molecule has 0 saturated carbocycles. The number of nitrogens with zero attached hydrogens (tertiary/aromatic N) is 5. The highest BCUT2D eigenvalue weighted by molar-refractivity contribution is 7.99. The van der Waals surface area contributed by atoms with Crippen LogP contribution >= 0.6 is 11.8 Å². The van der Waals surface area contributed by atoms with Crippen molar-refractivity contribution >= 4 is 45.6 Å². The van der Waals surface area contributed by atoms with E-state index in [1.54, 1.807) is 17.0 Å². The van der Waals surface area contributed by atoms with Gasteiger partial charge in [0.15, 0.2) is 10.8 Å². The normalized spacial score (nSPS) is 13.5. The number of thioether (sulfide) groups is 1. The maximum atomic E-state index is 13.0. The Morgan fingerprint density at radius 1 is 1.19 bits per heavy atom. The zero-order chi connectivity index (χ0) is 21.5. The Labute approximate surface area is 182 Å². The van der Waals surface area contributed by atoms with Gasteiger partial charge in [0.25, 0.3) is 5.69 Å². The molecule has 0 fully saturated rings. The number of rotatable bonds is 4. The minimum atomic E-state index is -0.403. The Bertz CT molecular complexity index is 1350. The fourth-order valence-corrected chi connectivity index (χ4v) is 4.96. The third-order valence-electron chi connectivity index (χ3n) is 5.59. The van der Waals surface area contributed by atoms with E-state index in [0.717, 1.165) is 46.2 Å². The predicted molar refractivity (Wildman–Crippen MR) is 120 cm³/mol. The van der Waals surface area contributed by atoms with E-state index in [9.17, 15) is 14.9 Å². The standard InChI is InChI=1S/C22H19N5O3S/c1-14-11-20-23-24-22(26(20)19-7-3-2-6-17(14)19)31-13-21(28)25-10-4-5-15-12-16(27(29)30)8-9-18(15)25/h2-3,6-9,11-12H,4-5,10,13H2,1H3. The van der Waals surface area contributed by atoms with E-state index in [2.05, 4.69) is 16.3 Å². The van der Waals surface area contributed by atoms with Crippen LogP contribution in [0.3, 0.4) is 0 Å². The van der Waals surface area contributed by atoms with Crippen LogP contribution < -0.4 is 4.90 Å². The molecule has 156 valence electrons. The number of pyridine rings is 1. The second kappa shape index (κ2) is 7.66. The first-order valence-electron chi connectivity index (χ1n) is 9.97. The molecule has 0 atom stereocenters. The number of nitro groups is 1.